The van der Waals surface area contributed by atoms with Crippen LogP contribution in [0.5, 0.6) is 0 Å². The van der Waals surface area contributed by atoms with E-state index in [4.69, 9.17) is 35.3 Å². The van der Waals surface area contributed by atoms with Crippen molar-refractivity contribution in [2.45, 2.75) is 69.2 Å². The molecule has 2 aromatic carbocycles. The third kappa shape index (κ3) is 5.07. The van der Waals surface area contributed by atoms with Crippen molar-refractivity contribution in [3.8, 4) is 11.3 Å². The maximum atomic E-state index is 14.0. The van der Waals surface area contributed by atoms with Gasteiger partial charge in [0.25, 0.3) is 0 Å². The van der Waals surface area contributed by atoms with Crippen LogP contribution in [0.1, 0.15) is 38.3 Å². The molecule has 3 saturated heterocycles. The van der Waals surface area contributed by atoms with E-state index in [0.717, 1.165) is 24.1 Å². The summed E-state index contributed by atoms with van der Waals surface area (Å²) in [6, 6.07) is 8.45. The summed E-state index contributed by atoms with van der Waals surface area (Å²) in [5, 5.41) is 9.03. The lowest BCUT2D eigenvalue weighted by Gasteiger charge is -2.54. The van der Waals surface area contributed by atoms with Gasteiger partial charge in [-0.15, -0.1) is 5.10 Å². The lowest BCUT2D eigenvalue weighted by atomic mass is 9.87. The minimum atomic E-state index is -1.55. The molecule has 0 N–H and O–H groups in total. The molecular formula is C27H27ClF3N3O5. The Hall–Kier alpha value is -2.54. The molecule has 5 atom stereocenters. The summed E-state index contributed by atoms with van der Waals surface area (Å²) < 4.78 is 74.6. The highest BCUT2D eigenvalue weighted by atomic mass is 35.5. The van der Waals surface area contributed by atoms with Crippen molar-refractivity contribution >= 4 is 11.6 Å². The third-order valence-electron chi connectivity index (χ3n) is 7.24. The zero-order valence-corrected chi connectivity index (χ0v) is 22.0. The smallest absolute Gasteiger partial charge is 0.197 e. The van der Waals surface area contributed by atoms with Crippen LogP contribution in [-0.4, -0.2) is 58.1 Å². The lowest BCUT2D eigenvalue weighted by Crippen LogP contribution is -2.67. The zero-order chi connectivity index (χ0) is 27.4. The van der Waals surface area contributed by atoms with Gasteiger partial charge in [0.1, 0.15) is 30.0 Å². The third-order valence-corrected chi connectivity index (χ3v) is 7.48. The summed E-state index contributed by atoms with van der Waals surface area (Å²) >= 11 is 6.19. The molecule has 0 amide bonds. The van der Waals surface area contributed by atoms with Crippen LogP contribution in [0.25, 0.3) is 11.3 Å². The van der Waals surface area contributed by atoms with Crippen molar-refractivity contribution < 1.29 is 36.9 Å². The highest BCUT2D eigenvalue weighted by molar-refractivity contribution is 6.30. The second kappa shape index (κ2) is 10.1. The van der Waals surface area contributed by atoms with Crippen molar-refractivity contribution in [1.82, 2.24) is 15.0 Å². The van der Waals surface area contributed by atoms with Gasteiger partial charge in [0, 0.05) is 17.0 Å². The van der Waals surface area contributed by atoms with Gasteiger partial charge in [-0.3, -0.25) is 0 Å². The van der Waals surface area contributed by atoms with Gasteiger partial charge in [0.05, 0.1) is 26.0 Å². The molecule has 3 aliphatic heterocycles. The number of hydrogen-bond donors (Lipinski definition) is 0. The Kier molecular flexibility index (Phi) is 6.93. The molecule has 3 aliphatic rings. The molecule has 0 radical (unpaired) electrons. The molecule has 0 bridgehead atoms. The van der Waals surface area contributed by atoms with Crippen molar-refractivity contribution in [3.63, 3.8) is 0 Å². The molecule has 1 aromatic heterocycles. The summed E-state index contributed by atoms with van der Waals surface area (Å²) in [6.45, 7) is 4.52. The number of rotatable bonds is 5. The first-order valence-electron chi connectivity index (χ1n) is 12.7. The standard InChI is InChI=1S/C27H27ClF3N3O5/c1-26(2)37-14-21-24(39-26)23(34-12-20(32-33-34)16-10-18(29)22(31)19(30)11-16)25(27(38-21)7-4-8-36-27)35-13-15-5-3-6-17(28)9-15/h3,5-6,9-12,21,23-25H,4,7-8,13-14H2,1-2H3/t21-,23+,24+,25-,27+/m1/s1. The molecule has 208 valence electrons. The van der Waals surface area contributed by atoms with Crippen LogP contribution < -0.4 is 0 Å². The molecule has 0 unspecified atom stereocenters. The Morgan fingerprint density at radius 1 is 1.10 bits per heavy atom. The van der Waals surface area contributed by atoms with Crippen molar-refractivity contribution in [2.75, 3.05) is 13.2 Å². The first-order chi connectivity index (χ1) is 18.6. The summed E-state index contributed by atoms with van der Waals surface area (Å²) in [7, 11) is 0. The van der Waals surface area contributed by atoms with Gasteiger partial charge in [0.15, 0.2) is 29.0 Å². The largest absolute Gasteiger partial charge is 0.366 e. The molecule has 4 heterocycles. The van der Waals surface area contributed by atoms with Crippen LogP contribution in [-0.2, 0) is 30.3 Å². The average Bonchev–Trinajstić information content (AvgIpc) is 3.56. The molecule has 1 spiro atoms. The maximum Gasteiger partial charge on any atom is 0.197 e. The highest BCUT2D eigenvalue weighted by Gasteiger charge is 2.61. The van der Waals surface area contributed by atoms with Gasteiger partial charge >= 0.3 is 0 Å². The summed E-state index contributed by atoms with van der Waals surface area (Å²) in [5.74, 6) is -6.22. The Morgan fingerprint density at radius 2 is 1.90 bits per heavy atom. The number of ether oxygens (including phenoxy) is 5. The predicted molar refractivity (Wildman–Crippen MR) is 132 cm³/mol. The fraction of sp³-hybridized carbons (Fsp3) is 0.481. The van der Waals surface area contributed by atoms with E-state index in [0.29, 0.717) is 18.1 Å². The molecule has 8 nitrogen and oxygen atoms in total. The molecule has 6 rings (SSSR count). The van der Waals surface area contributed by atoms with Gasteiger partial charge in [-0.1, -0.05) is 28.9 Å². The van der Waals surface area contributed by atoms with E-state index in [1.165, 1.54) is 6.20 Å². The summed E-state index contributed by atoms with van der Waals surface area (Å²) in [4.78, 5) is 0. The molecule has 3 fully saturated rings. The number of fused-ring (bicyclic) bond motifs is 1. The van der Waals surface area contributed by atoms with Crippen LogP contribution in [0.15, 0.2) is 42.6 Å². The maximum absolute atomic E-state index is 14.0. The fourth-order valence-corrected chi connectivity index (χ4v) is 5.71. The number of hydrogen-bond acceptors (Lipinski definition) is 7. The number of benzene rings is 2. The van der Waals surface area contributed by atoms with Crippen LogP contribution in [0.4, 0.5) is 13.2 Å². The zero-order valence-electron chi connectivity index (χ0n) is 21.3. The van der Waals surface area contributed by atoms with Gasteiger partial charge in [-0.25, -0.2) is 17.9 Å². The molecule has 0 aliphatic carbocycles. The van der Waals surface area contributed by atoms with E-state index in [1.54, 1.807) is 24.6 Å². The van der Waals surface area contributed by atoms with Crippen molar-refractivity contribution in [1.29, 1.82) is 0 Å². The quantitative estimate of drug-likeness (QED) is 0.394. The number of halogens is 4. The second-order valence-corrected chi connectivity index (χ2v) is 10.8. The molecule has 12 heteroatoms. The van der Waals surface area contributed by atoms with Gasteiger partial charge in [0.2, 0.25) is 0 Å². The Labute approximate surface area is 227 Å². The van der Waals surface area contributed by atoms with Crippen molar-refractivity contribution in [3.05, 3.63) is 70.6 Å². The first kappa shape index (κ1) is 26.7. The Morgan fingerprint density at radius 3 is 2.62 bits per heavy atom. The first-order valence-corrected chi connectivity index (χ1v) is 13.1. The van der Waals surface area contributed by atoms with E-state index >= 15 is 0 Å². The topological polar surface area (TPSA) is 76.9 Å². The normalized spacial score (nSPS) is 30.0. The van der Waals surface area contributed by atoms with E-state index < -0.39 is 53.4 Å². The summed E-state index contributed by atoms with van der Waals surface area (Å²) in [5.41, 5.74) is 1.04. The van der Waals surface area contributed by atoms with Crippen LogP contribution in [0, 0.1) is 17.5 Å². The van der Waals surface area contributed by atoms with E-state index in [1.807, 2.05) is 18.2 Å². The van der Waals surface area contributed by atoms with Crippen LogP contribution >= 0.6 is 11.6 Å². The predicted octanol–water partition coefficient (Wildman–Crippen LogP) is 5.20. The van der Waals surface area contributed by atoms with Gasteiger partial charge in [-0.05, 0) is 50.1 Å². The molecular weight excluding hydrogens is 539 g/mol. The molecule has 3 aromatic rings. The van der Waals surface area contributed by atoms with Gasteiger partial charge in [-0.2, -0.15) is 0 Å². The average molecular weight is 566 g/mol. The van der Waals surface area contributed by atoms with E-state index in [2.05, 4.69) is 10.3 Å². The van der Waals surface area contributed by atoms with Crippen LogP contribution in [0.3, 0.4) is 0 Å². The highest BCUT2D eigenvalue weighted by Crippen LogP contribution is 2.48. The van der Waals surface area contributed by atoms with Gasteiger partial charge < -0.3 is 23.7 Å². The second-order valence-electron chi connectivity index (χ2n) is 10.4. The summed E-state index contributed by atoms with van der Waals surface area (Å²) in [6.07, 6.45) is 1.02. The lowest BCUT2D eigenvalue weighted by molar-refractivity contribution is -0.404. The Bertz CT molecular complexity index is 1340. The molecule has 39 heavy (non-hydrogen) atoms. The SMILES string of the molecule is CC1(C)OC[C@H]2O[C@@]3(CCCO3)[C@H](OCc3cccc(Cl)c3)[C@@H](n3cc(-c4cc(F)c(F)c(F)c4)nn3)[C@H]2O1. The fourth-order valence-electron chi connectivity index (χ4n) is 5.50. The van der Waals surface area contributed by atoms with E-state index in [-0.39, 0.29) is 24.5 Å². The van der Waals surface area contributed by atoms with Crippen LogP contribution in [0.2, 0.25) is 5.02 Å². The number of aromatic nitrogens is 3. The minimum Gasteiger partial charge on any atom is -0.366 e. The van der Waals surface area contributed by atoms with E-state index in [9.17, 15) is 13.2 Å². The minimum absolute atomic E-state index is 0.0395. The van der Waals surface area contributed by atoms with Crippen molar-refractivity contribution in [2.24, 2.45) is 0 Å². The number of nitrogens with zero attached hydrogens (tertiary/aromatic N) is 3. The Balaban J connectivity index is 1.41. The molecule has 0 saturated carbocycles. The monoisotopic (exact) mass is 565 g/mol.